The van der Waals surface area contributed by atoms with Gasteiger partial charge in [0, 0.05) is 11.5 Å². The molecule has 5 aromatic carbocycles. The van der Waals surface area contributed by atoms with Crippen molar-refractivity contribution in [3.63, 3.8) is 0 Å². The number of carboxylic acids is 2. The van der Waals surface area contributed by atoms with Crippen LogP contribution in [0.4, 0.5) is 39.8 Å². The molecule has 25 nitrogen and oxygen atoms in total. The predicted octanol–water partition coefficient (Wildman–Crippen LogP) is 5.35. The number of methoxy groups -OCH3 is 1. The number of hydrogen-bond acceptors (Lipinski definition) is 19. The van der Waals surface area contributed by atoms with Gasteiger partial charge in [-0.1, -0.05) is 0 Å². The van der Waals surface area contributed by atoms with E-state index in [-0.39, 0.29) is 50.6 Å². The Bertz CT molecular complexity index is 3210. The number of carbonyl (C=O) groups is 3. The monoisotopic (exact) mass is 911 g/mol. The number of hydrazone groups is 1. The van der Waals surface area contributed by atoms with E-state index in [4.69, 9.17) is 10.5 Å². The Morgan fingerprint density at radius 1 is 0.726 bits per heavy atom. The number of carboxylic acid groups (broad SMARTS) is 2. The fourth-order valence-corrected chi connectivity index (χ4v) is 7.16. The molecule has 1 heterocycles. The smallest absolute Gasteiger partial charge is 0.355 e. The van der Waals surface area contributed by atoms with Gasteiger partial charge < -0.3 is 25.8 Å². The van der Waals surface area contributed by atoms with Crippen LogP contribution in [-0.4, -0.2) is 90.9 Å². The Hall–Kier alpha value is -7.63. The number of aliphatic carboxylic acids is 1. The second-order valence-electron chi connectivity index (χ2n) is 12.4. The molecule has 8 N–H and O–H groups in total. The van der Waals surface area contributed by atoms with Gasteiger partial charge in [-0.05, 0) is 78.2 Å². The summed E-state index contributed by atoms with van der Waals surface area (Å²) in [5.41, 5.74) is 2.98. The zero-order chi connectivity index (χ0) is 45.5. The summed E-state index contributed by atoms with van der Waals surface area (Å²) in [6.45, 7) is 0. The molecule has 0 bridgehead atoms. The highest BCUT2D eigenvalue weighted by Crippen LogP contribution is 2.44. The van der Waals surface area contributed by atoms with Crippen molar-refractivity contribution in [2.24, 2.45) is 35.8 Å². The number of fused-ring (bicyclic) bond motifs is 1. The number of rotatable bonds is 13. The van der Waals surface area contributed by atoms with Gasteiger partial charge in [0.25, 0.3) is 36.3 Å². The molecule has 28 heteroatoms. The molecule has 320 valence electrons. The van der Waals surface area contributed by atoms with Gasteiger partial charge >= 0.3 is 11.9 Å². The SMILES string of the molecule is COc1cc(/N=N/c2ccc(S(=O)(=O)O)cc2C(=O)O)c(N)cc1/N=N/c1c(S(=O)(=O)O)cc2cc(/N=N/C3C(=O)N(c4ccc(S(=O)(=O)O)cc4)N=C3C(=O)O)ccc2c1O. The molecular formula is C34H25N9O16S3. The molecule has 0 aliphatic carbocycles. The summed E-state index contributed by atoms with van der Waals surface area (Å²) in [7, 11) is -13.3. The Morgan fingerprint density at radius 3 is 1.95 bits per heavy atom. The molecule has 0 radical (unpaired) electrons. The Balaban J connectivity index is 1.30. The number of aromatic carboxylic acids is 1. The summed E-state index contributed by atoms with van der Waals surface area (Å²) < 4.78 is 105. The number of amides is 1. The molecule has 0 aromatic heterocycles. The van der Waals surface area contributed by atoms with Crippen molar-refractivity contribution < 1.29 is 73.4 Å². The van der Waals surface area contributed by atoms with Crippen molar-refractivity contribution in [3.05, 3.63) is 84.4 Å². The lowest BCUT2D eigenvalue weighted by Crippen LogP contribution is -2.33. The fraction of sp³-hybridized carbons (Fsp3) is 0.0588. The highest BCUT2D eigenvalue weighted by molar-refractivity contribution is 7.86. The highest BCUT2D eigenvalue weighted by atomic mass is 32.2. The zero-order valence-corrected chi connectivity index (χ0v) is 33.2. The van der Waals surface area contributed by atoms with Crippen LogP contribution >= 0.6 is 0 Å². The second kappa shape index (κ2) is 16.4. The minimum absolute atomic E-state index is 0.0675. The number of benzene rings is 5. The van der Waals surface area contributed by atoms with Gasteiger partial charge in [-0.25, -0.2) is 9.59 Å². The standard InChI is InChI=1S/C34H25N9O16S3/c1-59-26-14-24(38-37-23-9-7-19(61(53,54)55)12-21(23)33(46)47)22(35)13-25(26)39-40-28-27(62(56,57)58)11-15-10-16(2-8-20(15)31(28)44)36-41-29-30(34(48)49)42-43(32(29)45)17-3-5-18(6-4-17)60(50,51)52/h2-14,29,44H,35H2,1H3,(H,46,47)(H,48,49)(H,50,51,52)(H,53,54,55)(H,56,57,58)/b38-37+,40-39+,41-36+. The quantitative estimate of drug-likeness (QED) is 0.0445. The van der Waals surface area contributed by atoms with Gasteiger partial charge in [0.15, 0.2) is 11.5 Å². The summed E-state index contributed by atoms with van der Waals surface area (Å²) >= 11 is 0. The molecule has 1 aliphatic heterocycles. The van der Waals surface area contributed by atoms with E-state index in [1.165, 1.54) is 25.3 Å². The van der Waals surface area contributed by atoms with E-state index >= 15 is 0 Å². The molecule has 1 atom stereocenters. The topological polar surface area (TPSA) is 400 Å². The third-order valence-corrected chi connectivity index (χ3v) is 11.0. The summed E-state index contributed by atoms with van der Waals surface area (Å²) in [6, 6.07) is 11.6. The predicted molar refractivity (Wildman–Crippen MR) is 212 cm³/mol. The van der Waals surface area contributed by atoms with E-state index in [9.17, 15) is 68.6 Å². The van der Waals surface area contributed by atoms with Gasteiger partial charge in [-0.2, -0.15) is 45.6 Å². The molecule has 0 fully saturated rings. The van der Waals surface area contributed by atoms with Gasteiger partial charge in [-0.15, -0.1) is 20.5 Å². The van der Waals surface area contributed by atoms with Gasteiger partial charge in [0.1, 0.15) is 33.4 Å². The molecule has 6 rings (SSSR count). The number of phenolic OH excluding ortho intramolecular Hbond substituents is 1. The van der Waals surface area contributed by atoms with Gasteiger partial charge in [0.2, 0.25) is 6.04 Å². The third-order valence-electron chi connectivity index (χ3n) is 8.46. The van der Waals surface area contributed by atoms with E-state index in [1.54, 1.807) is 0 Å². The molecular weight excluding hydrogens is 887 g/mol. The largest absolute Gasteiger partial charge is 0.505 e. The lowest BCUT2D eigenvalue weighted by Gasteiger charge is -2.12. The number of carbonyl (C=O) groups excluding carboxylic acids is 1. The number of anilines is 2. The first-order valence-corrected chi connectivity index (χ1v) is 20.9. The van der Waals surface area contributed by atoms with Crippen LogP contribution in [0.15, 0.2) is 129 Å². The van der Waals surface area contributed by atoms with E-state index in [1.807, 2.05) is 0 Å². The first-order chi connectivity index (χ1) is 29.0. The van der Waals surface area contributed by atoms with Crippen LogP contribution in [-0.2, 0) is 39.9 Å². The molecule has 0 spiro atoms. The molecule has 62 heavy (non-hydrogen) atoms. The minimum atomic E-state index is -5.16. The minimum Gasteiger partial charge on any atom is -0.505 e. The van der Waals surface area contributed by atoms with Crippen molar-refractivity contribution >= 4 is 104 Å². The Morgan fingerprint density at radius 2 is 1.35 bits per heavy atom. The third kappa shape index (κ3) is 9.08. The van der Waals surface area contributed by atoms with Crippen LogP contribution in [0.25, 0.3) is 10.8 Å². The van der Waals surface area contributed by atoms with Crippen LogP contribution in [0.5, 0.6) is 11.5 Å². The number of nitrogens with zero attached hydrogens (tertiary/aromatic N) is 8. The maximum absolute atomic E-state index is 13.2. The average molecular weight is 912 g/mol. The molecule has 0 saturated carbocycles. The van der Waals surface area contributed by atoms with E-state index in [0.29, 0.717) is 11.1 Å². The van der Waals surface area contributed by atoms with E-state index < -0.39 is 91.6 Å². The summed E-state index contributed by atoms with van der Waals surface area (Å²) in [5, 5.41) is 57.8. The fourth-order valence-electron chi connectivity index (χ4n) is 5.52. The number of nitrogens with two attached hydrogens (primary N) is 1. The molecule has 5 aromatic rings. The molecule has 1 aliphatic rings. The van der Waals surface area contributed by atoms with Crippen LogP contribution < -0.4 is 15.5 Å². The maximum atomic E-state index is 13.2. The van der Waals surface area contributed by atoms with Crippen molar-refractivity contribution in [2.45, 2.75) is 20.7 Å². The number of aromatic hydroxyl groups is 1. The van der Waals surface area contributed by atoms with Crippen molar-refractivity contribution in [1.29, 1.82) is 0 Å². The van der Waals surface area contributed by atoms with Crippen molar-refractivity contribution in [3.8, 4) is 11.5 Å². The molecule has 1 amide bonds. The number of azo groups is 3. The van der Waals surface area contributed by atoms with Crippen LogP contribution in [0.1, 0.15) is 10.4 Å². The zero-order valence-electron chi connectivity index (χ0n) is 30.7. The Kier molecular flexibility index (Phi) is 11.6. The van der Waals surface area contributed by atoms with Crippen LogP contribution in [0.2, 0.25) is 0 Å². The van der Waals surface area contributed by atoms with E-state index in [2.05, 4.69) is 35.8 Å². The lowest BCUT2D eigenvalue weighted by molar-refractivity contribution is -0.130. The van der Waals surface area contributed by atoms with Crippen LogP contribution in [0, 0.1) is 0 Å². The van der Waals surface area contributed by atoms with Crippen molar-refractivity contribution in [1.82, 2.24) is 0 Å². The number of hydrogen-bond donors (Lipinski definition) is 7. The summed E-state index contributed by atoms with van der Waals surface area (Å²) in [5.74, 6) is -5.18. The highest BCUT2D eigenvalue weighted by Gasteiger charge is 2.41. The summed E-state index contributed by atoms with van der Waals surface area (Å²) in [4.78, 5) is 34.7. The van der Waals surface area contributed by atoms with Crippen LogP contribution in [0.3, 0.4) is 0 Å². The molecule has 1 unspecified atom stereocenters. The number of phenols is 1. The number of nitrogen functional groups attached to an aromatic ring is 1. The first-order valence-electron chi connectivity index (χ1n) is 16.5. The number of ether oxygens (including phenoxy) is 1. The summed E-state index contributed by atoms with van der Waals surface area (Å²) in [6.07, 6.45) is 0. The maximum Gasteiger partial charge on any atom is 0.355 e. The average Bonchev–Trinajstić information content (AvgIpc) is 3.53. The second-order valence-corrected chi connectivity index (χ2v) is 16.7. The normalized spacial score (nSPS) is 15.0. The lowest BCUT2D eigenvalue weighted by atomic mass is 10.1. The van der Waals surface area contributed by atoms with Crippen molar-refractivity contribution in [2.75, 3.05) is 17.9 Å². The Labute approximate surface area is 347 Å². The van der Waals surface area contributed by atoms with E-state index in [0.717, 1.165) is 54.6 Å². The molecule has 0 saturated heterocycles. The first kappa shape index (κ1) is 43.9. The van der Waals surface area contributed by atoms with Gasteiger partial charge in [0.05, 0.1) is 39.5 Å². The van der Waals surface area contributed by atoms with Gasteiger partial charge in [-0.3, -0.25) is 18.5 Å².